The summed E-state index contributed by atoms with van der Waals surface area (Å²) < 4.78 is 40.4. The Balaban J connectivity index is 2.54. The van der Waals surface area contributed by atoms with Gasteiger partial charge < -0.3 is 10.0 Å². The molecule has 0 spiro atoms. The first kappa shape index (κ1) is 15.3. The van der Waals surface area contributed by atoms with E-state index in [2.05, 4.69) is 0 Å². The van der Waals surface area contributed by atoms with E-state index in [0.717, 1.165) is 4.90 Å². The van der Waals surface area contributed by atoms with Gasteiger partial charge in [-0.05, 0) is 6.07 Å². The highest BCUT2D eigenvalue weighted by molar-refractivity contribution is 6.00. The summed E-state index contributed by atoms with van der Waals surface area (Å²) in [5, 5.41) is 18.4. The first-order chi connectivity index (χ1) is 9.73. The molecule has 0 radical (unpaired) electrons. The summed E-state index contributed by atoms with van der Waals surface area (Å²) >= 11 is 0. The van der Waals surface area contributed by atoms with Crippen molar-refractivity contribution in [1.82, 2.24) is 4.90 Å². The second-order valence-electron chi connectivity index (χ2n) is 5.74. The molecule has 0 bridgehead atoms. The SMILES string of the molecule is CC(C)(CO)CN1C(=O)c2c(cc(F)c(F)c2F)C1C#N. The van der Waals surface area contributed by atoms with Crippen molar-refractivity contribution in [3.05, 3.63) is 34.6 Å². The first-order valence-electron chi connectivity index (χ1n) is 6.22. The molecule has 112 valence electrons. The molecule has 7 heteroatoms. The summed E-state index contributed by atoms with van der Waals surface area (Å²) in [5.74, 6) is -5.64. The molecule has 1 aromatic rings. The van der Waals surface area contributed by atoms with Crippen LogP contribution in [0.4, 0.5) is 13.2 Å². The van der Waals surface area contributed by atoms with Gasteiger partial charge in [-0.3, -0.25) is 4.79 Å². The molecule has 4 nitrogen and oxygen atoms in total. The van der Waals surface area contributed by atoms with Crippen molar-refractivity contribution >= 4 is 5.91 Å². The van der Waals surface area contributed by atoms with Crippen LogP contribution in [0.2, 0.25) is 0 Å². The maximum absolute atomic E-state index is 13.8. The number of nitriles is 1. The molecule has 1 aromatic carbocycles. The van der Waals surface area contributed by atoms with E-state index in [-0.39, 0.29) is 18.7 Å². The van der Waals surface area contributed by atoms with E-state index < -0.39 is 40.4 Å². The van der Waals surface area contributed by atoms with Crippen LogP contribution in [-0.2, 0) is 0 Å². The molecule has 1 heterocycles. The number of hydrogen-bond acceptors (Lipinski definition) is 3. The number of aliphatic hydroxyl groups is 1. The Bertz CT molecular complexity index is 653. The van der Waals surface area contributed by atoms with Crippen LogP contribution in [-0.4, -0.2) is 29.1 Å². The van der Waals surface area contributed by atoms with E-state index in [1.54, 1.807) is 19.9 Å². The highest BCUT2D eigenvalue weighted by Gasteiger charge is 2.43. The predicted octanol–water partition coefficient (Wildman–Crippen LogP) is 2.14. The molecule has 21 heavy (non-hydrogen) atoms. The maximum atomic E-state index is 13.8. The Morgan fingerprint density at radius 1 is 1.38 bits per heavy atom. The molecule has 0 aliphatic carbocycles. The molecule has 1 atom stereocenters. The quantitative estimate of drug-likeness (QED) is 0.870. The second kappa shape index (κ2) is 5.04. The van der Waals surface area contributed by atoms with E-state index in [4.69, 9.17) is 0 Å². The third kappa shape index (κ3) is 2.36. The van der Waals surface area contributed by atoms with Crippen LogP contribution in [0.25, 0.3) is 0 Å². The van der Waals surface area contributed by atoms with Crippen LogP contribution >= 0.6 is 0 Å². The molecule has 1 amide bonds. The molecular formula is C14H13F3N2O2. The summed E-state index contributed by atoms with van der Waals surface area (Å²) in [7, 11) is 0. The fraction of sp³-hybridized carbons (Fsp3) is 0.429. The highest BCUT2D eigenvalue weighted by Crippen LogP contribution is 2.38. The monoisotopic (exact) mass is 298 g/mol. The van der Waals surface area contributed by atoms with Crippen molar-refractivity contribution < 1.29 is 23.1 Å². The molecule has 0 saturated carbocycles. The molecule has 1 aliphatic heterocycles. The van der Waals surface area contributed by atoms with E-state index >= 15 is 0 Å². The molecule has 0 fully saturated rings. The van der Waals surface area contributed by atoms with Crippen LogP contribution in [0.5, 0.6) is 0 Å². The fourth-order valence-corrected chi connectivity index (χ4v) is 2.29. The fourth-order valence-electron chi connectivity index (χ4n) is 2.29. The van der Waals surface area contributed by atoms with Gasteiger partial charge in [-0.15, -0.1) is 0 Å². The van der Waals surface area contributed by atoms with Gasteiger partial charge in [0, 0.05) is 24.1 Å². The van der Waals surface area contributed by atoms with Crippen molar-refractivity contribution in [3.8, 4) is 6.07 Å². The third-order valence-electron chi connectivity index (χ3n) is 3.42. The van der Waals surface area contributed by atoms with Crippen molar-refractivity contribution in [3.63, 3.8) is 0 Å². The Morgan fingerprint density at radius 2 is 2.00 bits per heavy atom. The second-order valence-corrected chi connectivity index (χ2v) is 5.74. The number of amides is 1. The van der Waals surface area contributed by atoms with Crippen LogP contribution in [0, 0.1) is 34.2 Å². The lowest BCUT2D eigenvalue weighted by atomic mass is 9.93. The number of halogens is 3. The highest BCUT2D eigenvalue weighted by atomic mass is 19.2. The number of benzene rings is 1. The van der Waals surface area contributed by atoms with E-state index in [1.807, 2.05) is 0 Å². The number of fused-ring (bicyclic) bond motifs is 1. The number of aliphatic hydroxyl groups excluding tert-OH is 1. The van der Waals surface area contributed by atoms with E-state index in [0.29, 0.717) is 6.07 Å². The summed E-state index contributed by atoms with van der Waals surface area (Å²) in [6.45, 7) is 2.98. The van der Waals surface area contributed by atoms with E-state index in [1.165, 1.54) is 0 Å². The van der Waals surface area contributed by atoms with Gasteiger partial charge in [0.25, 0.3) is 5.91 Å². The van der Waals surface area contributed by atoms with Crippen molar-refractivity contribution in [2.45, 2.75) is 19.9 Å². The number of nitrogens with zero attached hydrogens (tertiary/aromatic N) is 2. The zero-order chi connectivity index (χ0) is 15.9. The minimum Gasteiger partial charge on any atom is -0.396 e. The van der Waals surface area contributed by atoms with Crippen LogP contribution < -0.4 is 0 Å². The van der Waals surface area contributed by atoms with Crippen molar-refractivity contribution in [1.29, 1.82) is 5.26 Å². The van der Waals surface area contributed by atoms with Gasteiger partial charge in [-0.1, -0.05) is 13.8 Å². The Kier molecular flexibility index (Phi) is 3.68. The topological polar surface area (TPSA) is 64.3 Å². The molecule has 1 unspecified atom stereocenters. The standard InChI is InChI=1S/C14H13F3N2O2/c1-14(2,6-20)5-19-9(4-18)7-3-8(15)11(16)12(17)10(7)13(19)21/h3,9,20H,5-6H2,1-2H3. The summed E-state index contributed by atoms with van der Waals surface area (Å²) in [6, 6.07) is 1.26. The predicted molar refractivity (Wildman–Crippen MR) is 66.6 cm³/mol. The molecule has 0 aromatic heterocycles. The minimum atomic E-state index is -1.73. The number of hydrogen-bond donors (Lipinski definition) is 1. The van der Waals surface area contributed by atoms with Gasteiger partial charge in [0.05, 0.1) is 11.6 Å². The van der Waals surface area contributed by atoms with Crippen LogP contribution in [0.1, 0.15) is 35.8 Å². The van der Waals surface area contributed by atoms with E-state index in [9.17, 15) is 28.3 Å². The van der Waals surface area contributed by atoms with Crippen molar-refractivity contribution in [2.75, 3.05) is 13.2 Å². The lowest BCUT2D eigenvalue weighted by Gasteiger charge is -2.30. The number of carbonyl (C=O) groups is 1. The zero-order valence-electron chi connectivity index (χ0n) is 11.5. The number of carbonyl (C=O) groups excluding carboxylic acids is 1. The van der Waals surface area contributed by atoms with Gasteiger partial charge in [0.1, 0.15) is 6.04 Å². The molecule has 1 aliphatic rings. The molecule has 2 rings (SSSR count). The molecule has 0 saturated heterocycles. The van der Waals surface area contributed by atoms with Crippen LogP contribution in [0.15, 0.2) is 6.07 Å². The minimum absolute atomic E-state index is 0.0437. The molecular weight excluding hydrogens is 285 g/mol. The summed E-state index contributed by atoms with van der Waals surface area (Å²) in [6.07, 6.45) is 0. The third-order valence-corrected chi connectivity index (χ3v) is 3.42. The lowest BCUT2D eigenvalue weighted by molar-refractivity contribution is 0.0588. The average Bonchev–Trinajstić information content (AvgIpc) is 2.68. The maximum Gasteiger partial charge on any atom is 0.258 e. The van der Waals surface area contributed by atoms with Gasteiger partial charge in [-0.2, -0.15) is 5.26 Å². The van der Waals surface area contributed by atoms with Crippen LogP contribution in [0.3, 0.4) is 0 Å². The Morgan fingerprint density at radius 3 is 2.52 bits per heavy atom. The lowest BCUT2D eigenvalue weighted by Crippen LogP contribution is -2.38. The normalized spacial score (nSPS) is 17.9. The average molecular weight is 298 g/mol. The summed E-state index contributed by atoms with van der Waals surface area (Å²) in [5.41, 5.74) is -1.54. The number of rotatable bonds is 3. The first-order valence-corrected chi connectivity index (χ1v) is 6.22. The molecule has 1 N–H and O–H groups in total. The van der Waals surface area contributed by atoms with Gasteiger partial charge in [0.15, 0.2) is 17.5 Å². The zero-order valence-corrected chi connectivity index (χ0v) is 11.5. The van der Waals surface area contributed by atoms with Gasteiger partial charge in [-0.25, -0.2) is 13.2 Å². The Labute approximate surface area is 119 Å². The summed E-state index contributed by atoms with van der Waals surface area (Å²) in [4.78, 5) is 13.2. The van der Waals surface area contributed by atoms with Crippen molar-refractivity contribution in [2.24, 2.45) is 5.41 Å². The Hall–Kier alpha value is -2.07. The van der Waals surface area contributed by atoms with Gasteiger partial charge >= 0.3 is 0 Å². The van der Waals surface area contributed by atoms with Gasteiger partial charge in [0.2, 0.25) is 0 Å². The largest absolute Gasteiger partial charge is 0.396 e. The smallest absolute Gasteiger partial charge is 0.258 e.